The van der Waals surface area contributed by atoms with E-state index in [0.717, 1.165) is 60.3 Å². The second kappa shape index (κ2) is 7.17. The molecule has 140 valence electrons. The number of benzene rings is 1. The highest BCUT2D eigenvalue weighted by atomic mass is 16.5. The third kappa shape index (κ3) is 3.64. The van der Waals surface area contributed by atoms with Crippen LogP contribution in [0, 0.1) is 18.8 Å². The maximum absolute atomic E-state index is 11.0. The molecule has 2 fully saturated rings. The molecule has 1 aromatic carbocycles. The molecule has 0 unspecified atom stereocenters. The van der Waals surface area contributed by atoms with E-state index in [-0.39, 0.29) is 0 Å². The van der Waals surface area contributed by atoms with Gasteiger partial charge >= 0.3 is 6.09 Å². The molecule has 26 heavy (non-hydrogen) atoms. The molecule has 4 rings (SSSR count). The van der Waals surface area contributed by atoms with E-state index < -0.39 is 6.09 Å². The van der Waals surface area contributed by atoms with Gasteiger partial charge in [0.05, 0.1) is 12.3 Å². The third-order valence-corrected chi connectivity index (χ3v) is 5.70. The molecule has 1 amide bonds. The smallest absolute Gasteiger partial charge is 0.407 e. The lowest BCUT2D eigenvalue weighted by Gasteiger charge is -2.29. The van der Waals surface area contributed by atoms with Crippen LogP contribution in [0.5, 0.6) is 5.75 Å². The second-order valence-electron chi connectivity index (χ2n) is 7.72. The molecule has 0 bridgehead atoms. The lowest BCUT2D eigenvalue weighted by atomic mass is 9.91. The summed E-state index contributed by atoms with van der Waals surface area (Å²) in [6.45, 7) is 4.08. The average molecular weight is 358 g/mol. The van der Waals surface area contributed by atoms with Gasteiger partial charge in [-0.15, -0.1) is 0 Å². The molecule has 1 aliphatic carbocycles. The lowest BCUT2D eigenvalue weighted by molar-refractivity contribution is 0.123. The standard InChI is InChI=1S/C20H26N2O4/c1-13-2-6-16-17(7-5-14-8-10-22(11-9-14)20(23)24)21-26-19(16)18(13)25-12-15-3-4-15/h2,6,14-15H,3-5,7-12H2,1H3,(H,23,24). The fraction of sp³-hybridized carbons (Fsp3) is 0.600. The second-order valence-corrected chi connectivity index (χ2v) is 7.72. The molecular weight excluding hydrogens is 332 g/mol. The molecule has 1 saturated heterocycles. The monoisotopic (exact) mass is 358 g/mol. The van der Waals surface area contributed by atoms with Crippen LogP contribution in [0.15, 0.2) is 16.7 Å². The Morgan fingerprint density at radius 1 is 1.27 bits per heavy atom. The van der Waals surface area contributed by atoms with E-state index in [1.54, 1.807) is 0 Å². The highest BCUT2D eigenvalue weighted by molar-refractivity contribution is 5.86. The Morgan fingerprint density at radius 2 is 2.04 bits per heavy atom. The number of amides is 1. The largest absolute Gasteiger partial charge is 0.489 e. The zero-order valence-electron chi connectivity index (χ0n) is 15.2. The van der Waals surface area contributed by atoms with E-state index in [0.29, 0.717) is 24.9 Å². The number of carbonyl (C=O) groups is 1. The predicted molar refractivity (Wildman–Crippen MR) is 97.6 cm³/mol. The molecule has 2 heterocycles. The van der Waals surface area contributed by atoms with Crippen LogP contribution in [0.3, 0.4) is 0 Å². The van der Waals surface area contributed by atoms with Crippen molar-refractivity contribution in [1.82, 2.24) is 10.1 Å². The normalized spacial score (nSPS) is 18.4. The van der Waals surface area contributed by atoms with Crippen LogP contribution < -0.4 is 4.74 Å². The van der Waals surface area contributed by atoms with Crippen molar-refractivity contribution in [1.29, 1.82) is 0 Å². The van der Waals surface area contributed by atoms with Crippen molar-refractivity contribution < 1.29 is 19.2 Å². The summed E-state index contributed by atoms with van der Waals surface area (Å²) in [6, 6.07) is 4.16. The number of hydrogen-bond acceptors (Lipinski definition) is 4. The number of ether oxygens (including phenoxy) is 1. The zero-order chi connectivity index (χ0) is 18.1. The first kappa shape index (κ1) is 17.2. The summed E-state index contributed by atoms with van der Waals surface area (Å²) in [5.74, 6) is 2.08. The minimum absolute atomic E-state index is 0.549. The summed E-state index contributed by atoms with van der Waals surface area (Å²) < 4.78 is 11.7. The summed E-state index contributed by atoms with van der Waals surface area (Å²) in [5.41, 5.74) is 2.83. The summed E-state index contributed by atoms with van der Waals surface area (Å²) in [7, 11) is 0. The Bertz CT molecular complexity index is 788. The number of likely N-dealkylation sites (tertiary alicyclic amines) is 1. The maximum Gasteiger partial charge on any atom is 0.407 e. The summed E-state index contributed by atoms with van der Waals surface area (Å²) in [4.78, 5) is 12.5. The van der Waals surface area contributed by atoms with Gasteiger partial charge in [-0.1, -0.05) is 11.2 Å². The predicted octanol–water partition coefficient (Wildman–Crippen LogP) is 4.25. The molecule has 6 heteroatoms. The number of fused-ring (bicyclic) bond motifs is 1. The molecule has 0 radical (unpaired) electrons. The fourth-order valence-corrected chi connectivity index (χ4v) is 3.73. The molecular formula is C20H26N2O4. The minimum atomic E-state index is -0.806. The van der Waals surface area contributed by atoms with Gasteiger partial charge in [-0.3, -0.25) is 0 Å². The fourth-order valence-electron chi connectivity index (χ4n) is 3.73. The van der Waals surface area contributed by atoms with Crippen LogP contribution in [0.25, 0.3) is 11.0 Å². The highest BCUT2D eigenvalue weighted by Gasteiger charge is 2.25. The van der Waals surface area contributed by atoms with Crippen molar-refractivity contribution in [2.45, 2.75) is 45.4 Å². The van der Waals surface area contributed by atoms with E-state index in [9.17, 15) is 4.79 Å². The molecule has 1 saturated carbocycles. The van der Waals surface area contributed by atoms with Crippen LogP contribution >= 0.6 is 0 Å². The van der Waals surface area contributed by atoms with Crippen molar-refractivity contribution in [3.05, 3.63) is 23.4 Å². The number of aryl methyl sites for hydroxylation is 2. The van der Waals surface area contributed by atoms with Gasteiger partial charge in [-0.05, 0) is 68.9 Å². The van der Waals surface area contributed by atoms with Crippen molar-refractivity contribution >= 4 is 17.1 Å². The molecule has 1 aromatic heterocycles. The van der Waals surface area contributed by atoms with Gasteiger partial charge in [-0.2, -0.15) is 0 Å². The van der Waals surface area contributed by atoms with Gasteiger partial charge in [0, 0.05) is 18.5 Å². The average Bonchev–Trinajstić information content (AvgIpc) is 3.38. The van der Waals surface area contributed by atoms with Crippen molar-refractivity contribution in [2.75, 3.05) is 19.7 Å². The number of aromatic nitrogens is 1. The molecule has 2 aliphatic rings. The van der Waals surface area contributed by atoms with Crippen LogP contribution in [0.4, 0.5) is 4.79 Å². The van der Waals surface area contributed by atoms with E-state index >= 15 is 0 Å². The minimum Gasteiger partial charge on any atom is -0.489 e. The van der Waals surface area contributed by atoms with Gasteiger partial charge < -0.3 is 19.3 Å². The van der Waals surface area contributed by atoms with Crippen molar-refractivity contribution in [2.24, 2.45) is 11.8 Å². The number of piperidine rings is 1. The summed E-state index contributed by atoms with van der Waals surface area (Å²) in [5, 5.41) is 14.4. The Balaban J connectivity index is 1.41. The van der Waals surface area contributed by atoms with Crippen LogP contribution in [-0.4, -0.2) is 41.0 Å². The van der Waals surface area contributed by atoms with Gasteiger partial charge in [0.2, 0.25) is 5.58 Å². The molecule has 1 N–H and O–H groups in total. The van der Waals surface area contributed by atoms with Crippen LogP contribution in [0.2, 0.25) is 0 Å². The number of nitrogens with zero attached hydrogens (tertiary/aromatic N) is 2. The van der Waals surface area contributed by atoms with Gasteiger partial charge in [-0.25, -0.2) is 4.79 Å². The topological polar surface area (TPSA) is 75.8 Å². The number of hydrogen-bond donors (Lipinski definition) is 1. The van der Waals surface area contributed by atoms with Crippen LogP contribution in [-0.2, 0) is 6.42 Å². The Labute approximate surface area is 153 Å². The molecule has 6 nitrogen and oxygen atoms in total. The van der Waals surface area contributed by atoms with Gasteiger partial charge in [0.25, 0.3) is 0 Å². The van der Waals surface area contributed by atoms with E-state index in [2.05, 4.69) is 17.3 Å². The van der Waals surface area contributed by atoms with E-state index in [1.165, 1.54) is 17.7 Å². The highest BCUT2D eigenvalue weighted by Crippen LogP contribution is 2.35. The first-order valence-corrected chi connectivity index (χ1v) is 9.60. The Morgan fingerprint density at radius 3 is 2.73 bits per heavy atom. The number of rotatable bonds is 6. The van der Waals surface area contributed by atoms with Gasteiger partial charge in [0.1, 0.15) is 0 Å². The van der Waals surface area contributed by atoms with Crippen molar-refractivity contribution in [3.63, 3.8) is 0 Å². The lowest BCUT2D eigenvalue weighted by Crippen LogP contribution is -2.37. The zero-order valence-corrected chi connectivity index (χ0v) is 15.2. The molecule has 0 spiro atoms. The van der Waals surface area contributed by atoms with E-state index in [4.69, 9.17) is 14.4 Å². The first-order valence-electron chi connectivity index (χ1n) is 9.60. The van der Waals surface area contributed by atoms with Gasteiger partial charge in [0.15, 0.2) is 5.75 Å². The quantitative estimate of drug-likeness (QED) is 0.835. The molecule has 0 atom stereocenters. The molecule has 1 aliphatic heterocycles. The van der Waals surface area contributed by atoms with E-state index in [1.807, 2.05) is 6.92 Å². The Kier molecular flexibility index (Phi) is 4.74. The van der Waals surface area contributed by atoms with Crippen LogP contribution in [0.1, 0.15) is 43.4 Å². The first-order chi connectivity index (χ1) is 12.6. The summed E-state index contributed by atoms with van der Waals surface area (Å²) >= 11 is 0. The Hall–Kier alpha value is -2.24. The molecule has 2 aromatic rings. The number of carboxylic acid groups (broad SMARTS) is 1. The SMILES string of the molecule is Cc1ccc2c(CCC3CCN(C(=O)O)CC3)noc2c1OCC1CC1. The summed E-state index contributed by atoms with van der Waals surface area (Å²) in [6.07, 6.45) is 5.44. The van der Waals surface area contributed by atoms with Crippen molar-refractivity contribution in [3.8, 4) is 5.75 Å². The third-order valence-electron chi connectivity index (χ3n) is 5.70. The maximum atomic E-state index is 11.0.